The van der Waals surface area contributed by atoms with E-state index in [1.807, 2.05) is 6.92 Å². The van der Waals surface area contributed by atoms with Gasteiger partial charge < -0.3 is 14.7 Å². The van der Waals surface area contributed by atoms with Crippen molar-refractivity contribution >= 4 is 11.8 Å². The van der Waals surface area contributed by atoms with E-state index in [9.17, 15) is 4.79 Å². The molecule has 0 spiro atoms. The summed E-state index contributed by atoms with van der Waals surface area (Å²) in [7, 11) is 1.67. The number of ether oxygens (including phenoxy) is 1. The first-order chi connectivity index (χ1) is 8.95. The molecule has 5 heteroatoms. The molecule has 0 amide bonds. The largest absolute Gasteiger partial charge is 0.478 e. The zero-order valence-corrected chi connectivity index (χ0v) is 12.0. The normalized spacial score (nSPS) is 10.8. The van der Waals surface area contributed by atoms with Crippen molar-refractivity contribution in [2.45, 2.75) is 20.8 Å². The van der Waals surface area contributed by atoms with Gasteiger partial charge in [-0.1, -0.05) is 13.8 Å². The molecule has 1 rings (SSSR count). The number of hydrogen-bond acceptors (Lipinski definition) is 4. The number of aryl methyl sites for hydroxylation is 1. The van der Waals surface area contributed by atoms with E-state index in [1.54, 1.807) is 13.2 Å². The average Bonchev–Trinajstić information content (AvgIpc) is 2.34. The summed E-state index contributed by atoms with van der Waals surface area (Å²) in [5.74, 6) is 0.377. The van der Waals surface area contributed by atoms with Crippen LogP contribution in [0.4, 0.5) is 5.82 Å². The maximum absolute atomic E-state index is 10.9. The van der Waals surface area contributed by atoms with Crippen molar-refractivity contribution in [3.05, 3.63) is 23.4 Å². The van der Waals surface area contributed by atoms with Crippen molar-refractivity contribution in [1.29, 1.82) is 0 Å². The lowest BCUT2D eigenvalue weighted by molar-refractivity contribution is 0.0696. The Morgan fingerprint density at radius 3 is 2.68 bits per heavy atom. The van der Waals surface area contributed by atoms with Crippen molar-refractivity contribution in [2.24, 2.45) is 5.92 Å². The van der Waals surface area contributed by atoms with Gasteiger partial charge in [0.1, 0.15) is 5.82 Å². The van der Waals surface area contributed by atoms with Crippen molar-refractivity contribution in [2.75, 3.05) is 31.7 Å². The predicted molar refractivity (Wildman–Crippen MR) is 74.9 cm³/mol. The van der Waals surface area contributed by atoms with Gasteiger partial charge in [-0.15, -0.1) is 0 Å². The zero-order chi connectivity index (χ0) is 14.4. The second kappa shape index (κ2) is 7.09. The van der Waals surface area contributed by atoms with Gasteiger partial charge in [0.15, 0.2) is 0 Å². The maximum atomic E-state index is 10.9. The Hall–Kier alpha value is -1.62. The van der Waals surface area contributed by atoms with Gasteiger partial charge in [-0.05, 0) is 24.5 Å². The standard InChI is InChI=1S/C14H22N2O3/c1-10(2)9-16(5-6-19-4)13-11(3)7-12(8-15-13)14(17)18/h7-8,10H,5-6,9H2,1-4H3,(H,17,18). The highest BCUT2D eigenvalue weighted by Gasteiger charge is 2.14. The number of hydrogen-bond donors (Lipinski definition) is 1. The quantitative estimate of drug-likeness (QED) is 0.819. The predicted octanol–water partition coefficient (Wildman–Crippen LogP) is 2.20. The summed E-state index contributed by atoms with van der Waals surface area (Å²) in [4.78, 5) is 17.3. The van der Waals surface area contributed by atoms with Gasteiger partial charge >= 0.3 is 5.97 Å². The minimum absolute atomic E-state index is 0.220. The molecule has 1 aromatic rings. The van der Waals surface area contributed by atoms with E-state index in [1.165, 1.54) is 6.20 Å². The minimum Gasteiger partial charge on any atom is -0.478 e. The van der Waals surface area contributed by atoms with Crippen LogP contribution in [0, 0.1) is 12.8 Å². The molecule has 1 aromatic heterocycles. The molecule has 19 heavy (non-hydrogen) atoms. The summed E-state index contributed by atoms with van der Waals surface area (Å²) in [6.45, 7) is 8.39. The molecule has 0 bridgehead atoms. The smallest absolute Gasteiger partial charge is 0.337 e. The Morgan fingerprint density at radius 1 is 1.53 bits per heavy atom. The average molecular weight is 266 g/mol. The molecule has 0 aliphatic heterocycles. The van der Waals surface area contributed by atoms with Crippen LogP contribution in [0.2, 0.25) is 0 Å². The lowest BCUT2D eigenvalue weighted by Gasteiger charge is -2.26. The van der Waals surface area contributed by atoms with Gasteiger partial charge in [-0.2, -0.15) is 0 Å². The Kier molecular flexibility index (Phi) is 5.76. The molecule has 1 heterocycles. The van der Waals surface area contributed by atoms with Gasteiger partial charge in [0.05, 0.1) is 12.2 Å². The number of anilines is 1. The van der Waals surface area contributed by atoms with Crippen LogP contribution in [0.3, 0.4) is 0 Å². The number of rotatable bonds is 7. The molecule has 0 saturated carbocycles. The second-order valence-corrected chi connectivity index (χ2v) is 5.00. The van der Waals surface area contributed by atoms with E-state index >= 15 is 0 Å². The summed E-state index contributed by atoms with van der Waals surface area (Å²) >= 11 is 0. The summed E-state index contributed by atoms with van der Waals surface area (Å²) < 4.78 is 5.11. The van der Waals surface area contributed by atoms with Crippen LogP contribution in [0.1, 0.15) is 29.8 Å². The minimum atomic E-state index is -0.950. The number of carboxylic acids is 1. The number of aromatic nitrogens is 1. The Balaban J connectivity index is 2.97. The third kappa shape index (κ3) is 4.52. The van der Waals surface area contributed by atoms with Crippen molar-refractivity contribution in [3.8, 4) is 0 Å². The number of aromatic carboxylic acids is 1. The molecule has 0 unspecified atom stereocenters. The number of carbonyl (C=O) groups is 1. The van der Waals surface area contributed by atoms with Crippen LogP contribution in [-0.2, 0) is 4.74 Å². The SMILES string of the molecule is COCCN(CC(C)C)c1ncc(C(=O)O)cc1C. The molecule has 0 aliphatic carbocycles. The van der Waals surface area contributed by atoms with Gasteiger partial charge in [-0.25, -0.2) is 9.78 Å². The molecular weight excluding hydrogens is 244 g/mol. The van der Waals surface area contributed by atoms with Crippen LogP contribution in [0.25, 0.3) is 0 Å². The Labute approximate surface area is 114 Å². The van der Waals surface area contributed by atoms with Gasteiger partial charge in [-0.3, -0.25) is 0 Å². The molecule has 0 atom stereocenters. The first kappa shape index (κ1) is 15.4. The highest BCUT2D eigenvalue weighted by atomic mass is 16.5. The topological polar surface area (TPSA) is 62.7 Å². The fourth-order valence-corrected chi connectivity index (χ4v) is 1.94. The maximum Gasteiger partial charge on any atom is 0.337 e. The first-order valence-electron chi connectivity index (χ1n) is 6.39. The van der Waals surface area contributed by atoms with Crippen molar-refractivity contribution in [3.63, 3.8) is 0 Å². The van der Waals surface area contributed by atoms with Crippen molar-refractivity contribution in [1.82, 2.24) is 4.98 Å². The Morgan fingerprint density at radius 2 is 2.21 bits per heavy atom. The molecule has 5 nitrogen and oxygen atoms in total. The van der Waals surface area contributed by atoms with Crippen molar-refractivity contribution < 1.29 is 14.6 Å². The number of methoxy groups -OCH3 is 1. The molecule has 0 radical (unpaired) electrons. The van der Waals surface area contributed by atoms with Crippen LogP contribution in [0.15, 0.2) is 12.3 Å². The number of nitrogens with zero attached hydrogens (tertiary/aromatic N) is 2. The van der Waals surface area contributed by atoms with Gasteiger partial charge in [0.25, 0.3) is 0 Å². The van der Waals surface area contributed by atoms with Crippen LogP contribution in [-0.4, -0.2) is 42.9 Å². The number of carboxylic acid groups (broad SMARTS) is 1. The fourth-order valence-electron chi connectivity index (χ4n) is 1.94. The molecule has 0 aromatic carbocycles. The summed E-state index contributed by atoms with van der Waals surface area (Å²) in [6.07, 6.45) is 1.41. The van der Waals surface area contributed by atoms with Crippen LogP contribution >= 0.6 is 0 Å². The molecular formula is C14H22N2O3. The molecule has 0 aliphatic rings. The molecule has 106 valence electrons. The summed E-state index contributed by atoms with van der Waals surface area (Å²) in [5, 5.41) is 8.95. The zero-order valence-electron chi connectivity index (χ0n) is 12.0. The highest BCUT2D eigenvalue weighted by molar-refractivity contribution is 5.87. The van der Waals surface area contributed by atoms with E-state index in [0.29, 0.717) is 12.5 Å². The molecule has 0 saturated heterocycles. The Bertz CT molecular complexity index is 433. The van der Waals surface area contributed by atoms with E-state index < -0.39 is 5.97 Å². The lowest BCUT2D eigenvalue weighted by atomic mass is 10.1. The van der Waals surface area contributed by atoms with E-state index in [2.05, 4.69) is 23.7 Å². The lowest BCUT2D eigenvalue weighted by Crippen LogP contribution is -2.32. The molecule has 1 N–H and O–H groups in total. The third-order valence-electron chi connectivity index (χ3n) is 2.75. The summed E-state index contributed by atoms with van der Waals surface area (Å²) in [5.41, 5.74) is 1.09. The van der Waals surface area contributed by atoms with E-state index in [0.717, 1.165) is 24.5 Å². The highest BCUT2D eigenvalue weighted by Crippen LogP contribution is 2.19. The van der Waals surface area contributed by atoms with E-state index in [-0.39, 0.29) is 5.56 Å². The fraction of sp³-hybridized carbons (Fsp3) is 0.571. The van der Waals surface area contributed by atoms with Crippen LogP contribution in [0.5, 0.6) is 0 Å². The number of pyridine rings is 1. The summed E-state index contributed by atoms with van der Waals surface area (Å²) in [6, 6.07) is 1.66. The second-order valence-electron chi connectivity index (χ2n) is 5.00. The first-order valence-corrected chi connectivity index (χ1v) is 6.39. The third-order valence-corrected chi connectivity index (χ3v) is 2.75. The monoisotopic (exact) mass is 266 g/mol. The van der Waals surface area contributed by atoms with E-state index in [4.69, 9.17) is 9.84 Å². The molecule has 0 fully saturated rings. The van der Waals surface area contributed by atoms with Gasteiger partial charge in [0.2, 0.25) is 0 Å². The van der Waals surface area contributed by atoms with Crippen LogP contribution < -0.4 is 4.90 Å². The van der Waals surface area contributed by atoms with Gasteiger partial charge in [0, 0.05) is 26.4 Å².